The van der Waals surface area contributed by atoms with Crippen LogP contribution >= 0.6 is 0 Å². The van der Waals surface area contributed by atoms with E-state index in [-0.39, 0.29) is 0 Å². The first-order valence-corrected chi connectivity index (χ1v) is 9.08. The number of fused-ring (bicyclic) bond motifs is 1. The Kier molecular flexibility index (Phi) is 4.87. The molecule has 0 N–H and O–H groups in total. The number of rotatable bonds is 4. The average molecular weight is 348 g/mol. The van der Waals surface area contributed by atoms with Crippen LogP contribution < -0.4 is 4.74 Å². The zero-order chi connectivity index (χ0) is 17.9. The lowest BCUT2D eigenvalue weighted by atomic mass is 10.0. The summed E-state index contributed by atoms with van der Waals surface area (Å²) in [6.07, 6.45) is 0. The number of hydrogen-bond acceptors (Lipinski definition) is 4. The van der Waals surface area contributed by atoms with Crippen LogP contribution in [0.25, 0.3) is 22.2 Å². The summed E-state index contributed by atoms with van der Waals surface area (Å²) >= 11 is 0. The quantitative estimate of drug-likeness (QED) is 0.712. The van der Waals surface area contributed by atoms with Crippen LogP contribution in [0, 0.1) is 6.92 Å². The maximum Gasteiger partial charge on any atom is 0.123 e. The highest BCUT2D eigenvalue weighted by Crippen LogP contribution is 2.29. The van der Waals surface area contributed by atoms with E-state index < -0.39 is 0 Å². The number of benzene rings is 2. The van der Waals surface area contributed by atoms with Gasteiger partial charge < -0.3 is 9.47 Å². The minimum Gasteiger partial charge on any atom is -0.496 e. The molecule has 0 amide bonds. The Morgan fingerprint density at radius 1 is 1.08 bits per heavy atom. The van der Waals surface area contributed by atoms with Crippen LogP contribution in [0.5, 0.6) is 5.75 Å². The van der Waals surface area contributed by atoms with Crippen molar-refractivity contribution in [3.05, 3.63) is 59.7 Å². The molecule has 4 rings (SSSR count). The smallest absolute Gasteiger partial charge is 0.123 e. The standard InChI is InChI=1S/C22H24N2O2/c1-16-13-21(23-20-6-4-3-5-19(16)20)17-7-8-22(25-2)18(14-17)15-24-9-11-26-12-10-24/h3-8,13-14H,9-12,15H2,1-2H3. The van der Waals surface area contributed by atoms with Crippen LogP contribution in [0.15, 0.2) is 48.5 Å². The van der Waals surface area contributed by atoms with Crippen molar-refractivity contribution in [1.29, 1.82) is 0 Å². The van der Waals surface area contributed by atoms with Gasteiger partial charge in [-0.25, -0.2) is 4.98 Å². The second-order valence-electron chi connectivity index (χ2n) is 6.76. The maximum absolute atomic E-state index is 5.59. The molecule has 4 nitrogen and oxygen atoms in total. The van der Waals surface area contributed by atoms with E-state index in [2.05, 4.69) is 54.3 Å². The molecule has 0 radical (unpaired) electrons. The number of methoxy groups -OCH3 is 1. The number of pyridine rings is 1. The third-order valence-corrected chi connectivity index (χ3v) is 5.00. The van der Waals surface area contributed by atoms with Gasteiger partial charge in [0.2, 0.25) is 0 Å². The first-order chi connectivity index (χ1) is 12.7. The summed E-state index contributed by atoms with van der Waals surface area (Å²) < 4.78 is 11.1. The van der Waals surface area contributed by atoms with Gasteiger partial charge >= 0.3 is 0 Å². The second-order valence-corrected chi connectivity index (χ2v) is 6.76. The molecule has 1 aliphatic heterocycles. The monoisotopic (exact) mass is 348 g/mol. The number of aryl methyl sites for hydroxylation is 1. The summed E-state index contributed by atoms with van der Waals surface area (Å²) in [7, 11) is 1.73. The van der Waals surface area contributed by atoms with Crippen molar-refractivity contribution in [3.63, 3.8) is 0 Å². The summed E-state index contributed by atoms with van der Waals surface area (Å²) in [5.41, 5.74) is 5.61. The van der Waals surface area contributed by atoms with Crippen molar-refractivity contribution >= 4 is 10.9 Å². The fourth-order valence-corrected chi connectivity index (χ4v) is 3.56. The molecule has 0 atom stereocenters. The number of ether oxygens (including phenoxy) is 2. The predicted molar refractivity (Wildman–Crippen MR) is 105 cm³/mol. The van der Waals surface area contributed by atoms with E-state index in [1.165, 1.54) is 16.5 Å². The Morgan fingerprint density at radius 3 is 2.69 bits per heavy atom. The van der Waals surface area contributed by atoms with E-state index in [0.29, 0.717) is 0 Å². The molecule has 0 saturated carbocycles. The molecule has 2 aromatic carbocycles. The van der Waals surface area contributed by atoms with Gasteiger partial charge in [-0.3, -0.25) is 4.90 Å². The van der Waals surface area contributed by atoms with Crippen molar-refractivity contribution in [2.75, 3.05) is 33.4 Å². The summed E-state index contributed by atoms with van der Waals surface area (Å²) in [6.45, 7) is 6.53. The van der Waals surface area contributed by atoms with Gasteiger partial charge in [0.25, 0.3) is 0 Å². The molecule has 1 fully saturated rings. The third kappa shape index (κ3) is 3.43. The fourth-order valence-electron chi connectivity index (χ4n) is 3.56. The molecule has 0 unspecified atom stereocenters. The van der Waals surface area contributed by atoms with Crippen LogP contribution in [-0.2, 0) is 11.3 Å². The molecule has 1 saturated heterocycles. The highest BCUT2D eigenvalue weighted by Gasteiger charge is 2.15. The maximum atomic E-state index is 5.59. The highest BCUT2D eigenvalue weighted by atomic mass is 16.5. The predicted octanol–water partition coefficient (Wildman–Crippen LogP) is 4.05. The minimum absolute atomic E-state index is 0.799. The van der Waals surface area contributed by atoms with Gasteiger partial charge in [-0.2, -0.15) is 0 Å². The molecule has 2 heterocycles. The normalized spacial score (nSPS) is 15.3. The summed E-state index contributed by atoms with van der Waals surface area (Å²) in [5.74, 6) is 0.928. The van der Waals surface area contributed by atoms with Crippen LogP contribution in [0.2, 0.25) is 0 Å². The Hall–Kier alpha value is -2.43. The van der Waals surface area contributed by atoms with Crippen LogP contribution in [0.1, 0.15) is 11.1 Å². The fraction of sp³-hybridized carbons (Fsp3) is 0.318. The van der Waals surface area contributed by atoms with E-state index in [0.717, 1.165) is 55.4 Å². The summed E-state index contributed by atoms with van der Waals surface area (Å²) in [4.78, 5) is 7.28. The van der Waals surface area contributed by atoms with Crippen LogP contribution in [-0.4, -0.2) is 43.3 Å². The molecule has 0 bridgehead atoms. The molecule has 1 aromatic heterocycles. The second kappa shape index (κ2) is 7.44. The number of nitrogens with zero attached hydrogens (tertiary/aromatic N) is 2. The topological polar surface area (TPSA) is 34.6 Å². The van der Waals surface area contributed by atoms with Gasteiger partial charge in [-0.05, 0) is 42.8 Å². The zero-order valence-electron chi connectivity index (χ0n) is 15.4. The third-order valence-electron chi connectivity index (χ3n) is 5.00. The van der Waals surface area contributed by atoms with Gasteiger partial charge in [0.05, 0.1) is 31.5 Å². The Morgan fingerprint density at radius 2 is 1.88 bits per heavy atom. The van der Waals surface area contributed by atoms with Gasteiger partial charge in [0.15, 0.2) is 0 Å². The van der Waals surface area contributed by atoms with Gasteiger partial charge in [-0.1, -0.05) is 18.2 Å². The minimum atomic E-state index is 0.799. The molecule has 1 aliphatic rings. The highest BCUT2D eigenvalue weighted by molar-refractivity contribution is 5.85. The van der Waals surface area contributed by atoms with Crippen LogP contribution in [0.4, 0.5) is 0 Å². The molecular weight excluding hydrogens is 324 g/mol. The molecular formula is C22H24N2O2. The van der Waals surface area contributed by atoms with E-state index >= 15 is 0 Å². The lowest BCUT2D eigenvalue weighted by Gasteiger charge is -2.27. The molecule has 3 aromatic rings. The lowest BCUT2D eigenvalue weighted by molar-refractivity contribution is 0.0339. The summed E-state index contributed by atoms with van der Waals surface area (Å²) in [5, 5.41) is 1.21. The van der Waals surface area contributed by atoms with E-state index in [4.69, 9.17) is 14.5 Å². The largest absolute Gasteiger partial charge is 0.496 e. The first-order valence-electron chi connectivity index (χ1n) is 9.08. The van der Waals surface area contributed by atoms with Gasteiger partial charge in [-0.15, -0.1) is 0 Å². The molecule has 26 heavy (non-hydrogen) atoms. The van der Waals surface area contributed by atoms with Crippen molar-refractivity contribution < 1.29 is 9.47 Å². The Balaban J connectivity index is 1.71. The van der Waals surface area contributed by atoms with Crippen LogP contribution in [0.3, 0.4) is 0 Å². The number of morpholine rings is 1. The van der Waals surface area contributed by atoms with E-state index in [9.17, 15) is 0 Å². The van der Waals surface area contributed by atoms with Gasteiger partial charge in [0.1, 0.15) is 5.75 Å². The Bertz CT molecular complexity index is 917. The molecule has 134 valence electrons. The van der Waals surface area contributed by atoms with Crippen molar-refractivity contribution in [2.45, 2.75) is 13.5 Å². The molecule has 0 spiro atoms. The lowest BCUT2D eigenvalue weighted by Crippen LogP contribution is -2.35. The van der Waals surface area contributed by atoms with E-state index in [1.54, 1.807) is 7.11 Å². The SMILES string of the molecule is COc1ccc(-c2cc(C)c3ccccc3n2)cc1CN1CCOCC1. The average Bonchev–Trinajstić information content (AvgIpc) is 2.69. The van der Waals surface area contributed by atoms with Gasteiger partial charge in [0, 0.05) is 36.1 Å². The number of aromatic nitrogens is 1. The number of para-hydroxylation sites is 1. The van der Waals surface area contributed by atoms with Crippen molar-refractivity contribution in [2.24, 2.45) is 0 Å². The van der Waals surface area contributed by atoms with E-state index in [1.807, 2.05) is 6.07 Å². The Labute approximate surface area is 154 Å². The number of hydrogen-bond donors (Lipinski definition) is 0. The molecule has 0 aliphatic carbocycles. The first kappa shape index (κ1) is 17.0. The zero-order valence-corrected chi connectivity index (χ0v) is 15.4. The van der Waals surface area contributed by atoms with Crippen molar-refractivity contribution in [3.8, 4) is 17.0 Å². The van der Waals surface area contributed by atoms with Crippen molar-refractivity contribution in [1.82, 2.24) is 9.88 Å². The molecule has 4 heteroatoms. The summed E-state index contributed by atoms with van der Waals surface area (Å²) in [6, 6.07) is 16.8.